The van der Waals surface area contributed by atoms with Crippen LogP contribution in [0.25, 0.3) is 0 Å². The molecule has 21 heavy (non-hydrogen) atoms. The Labute approximate surface area is 121 Å². The molecule has 0 amide bonds. The summed E-state index contributed by atoms with van der Waals surface area (Å²) in [4.78, 5) is 58.3. The Morgan fingerprint density at radius 1 is 1.19 bits per heavy atom. The van der Waals surface area contributed by atoms with Crippen LogP contribution >= 0.6 is 15.2 Å². The molecule has 14 heteroatoms. The van der Waals surface area contributed by atoms with E-state index < -0.39 is 61.3 Å². The van der Waals surface area contributed by atoms with Gasteiger partial charge in [-0.25, -0.2) is 0 Å². The molecule has 0 radical (unpaired) electrons. The number of aliphatic carboxylic acids is 2. The lowest BCUT2D eigenvalue weighted by molar-refractivity contribution is -0.141. The molecule has 3 atom stereocenters. The summed E-state index contributed by atoms with van der Waals surface area (Å²) in [6, 6.07) is 0. The van der Waals surface area contributed by atoms with Crippen molar-refractivity contribution in [3.63, 3.8) is 0 Å². The van der Waals surface area contributed by atoms with E-state index in [0.29, 0.717) is 0 Å². The molecular weight excluding hydrogens is 354 g/mol. The van der Waals surface area contributed by atoms with Crippen molar-refractivity contribution in [1.82, 2.24) is 0 Å². The van der Waals surface area contributed by atoms with Gasteiger partial charge in [0.15, 0.2) is 5.66 Å². The maximum Gasteiger partial charge on any atom is 0.347 e. The van der Waals surface area contributed by atoms with E-state index in [1.807, 2.05) is 0 Å². The van der Waals surface area contributed by atoms with Gasteiger partial charge in [0.1, 0.15) is 5.75 Å². The minimum absolute atomic E-state index is 0.917. The van der Waals surface area contributed by atoms with Gasteiger partial charge in [-0.2, -0.15) is 0 Å². The van der Waals surface area contributed by atoms with Crippen LogP contribution in [-0.4, -0.2) is 69.1 Å². The van der Waals surface area contributed by atoms with Gasteiger partial charge in [0.2, 0.25) is 5.16 Å². The minimum Gasteiger partial charge on any atom is -0.617 e. The quantitative estimate of drug-likeness (QED) is 0.212. The Morgan fingerprint density at radius 2 is 1.62 bits per heavy atom. The van der Waals surface area contributed by atoms with Gasteiger partial charge >= 0.3 is 27.1 Å². The third-order valence-corrected chi connectivity index (χ3v) is 6.60. The lowest BCUT2D eigenvalue weighted by Gasteiger charge is -2.31. The topological polar surface area (TPSA) is 213 Å². The molecule has 0 aliphatic carbocycles. The molecule has 0 fully saturated rings. The summed E-state index contributed by atoms with van der Waals surface area (Å²) >= 11 is -2.08. The van der Waals surface area contributed by atoms with Crippen LogP contribution < -0.4 is 0 Å². The lowest BCUT2D eigenvalue weighted by Crippen LogP contribution is -2.48. The normalized spacial score (nSPS) is 18.6. The van der Waals surface area contributed by atoms with Crippen molar-refractivity contribution < 1.29 is 53.1 Å². The molecule has 0 aromatic rings. The number of carboxylic acids is 2. The zero-order chi connectivity index (χ0) is 17.2. The van der Waals surface area contributed by atoms with Crippen molar-refractivity contribution in [2.45, 2.75) is 17.2 Å². The smallest absolute Gasteiger partial charge is 0.347 e. The van der Waals surface area contributed by atoms with Crippen LogP contribution in [0.1, 0.15) is 6.42 Å². The van der Waals surface area contributed by atoms with Gasteiger partial charge in [-0.05, 0) is 0 Å². The van der Waals surface area contributed by atoms with Crippen molar-refractivity contribution in [3.05, 3.63) is 0 Å². The van der Waals surface area contributed by atoms with E-state index in [9.17, 15) is 33.1 Å². The standard InChI is InChI=1S/C7H14O11P2S/c1-21(18)3-7(6(10)11,20(15,16)17)2-4(5(8)9)19(12,13)14/h4H,2-3H2,1H3,(H,8,9)(H,10,11)(H2,12,13,14)(H2,15,16,17). The van der Waals surface area contributed by atoms with Crippen LogP contribution in [-0.2, 0) is 29.9 Å². The molecule has 0 aliphatic rings. The molecule has 6 N–H and O–H groups in total. The maximum absolute atomic E-state index is 11.4. The molecule has 3 unspecified atom stereocenters. The second-order valence-corrected chi connectivity index (χ2v) is 9.43. The number of carbonyl (C=O) groups is 2. The first kappa shape index (κ1) is 20.6. The van der Waals surface area contributed by atoms with Crippen molar-refractivity contribution in [2.75, 3.05) is 12.0 Å². The number of hydrogen-bond donors (Lipinski definition) is 6. The zero-order valence-corrected chi connectivity index (χ0v) is 13.1. The van der Waals surface area contributed by atoms with Gasteiger partial charge in [-0.15, -0.1) is 0 Å². The van der Waals surface area contributed by atoms with E-state index in [1.54, 1.807) is 0 Å². The molecule has 0 rings (SSSR count). The Morgan fingerprint density at radius 3 is 1.81 bits per heavy atom. The highest BCUT2D eigenvalue weighted by molar-refractivity contribution is 7.91. The maximum atomic E-state index is 11.4. The van der Waals surface area contributed by atoms with Gasteiger partial charge < -0.3 is 34.3 Å². The van der Waals surface area contributed by atoms with Crippen molar-refractivity contribution in [3.8, 4) is 0 Å². The predicted molar refractivity (Wildman–Crippen MR) is 69.4 cm³/mol. The molecule has 0 bridgehead atoms. The van der Waals surface area contributed by atoms with Crippen LogP contribution in [0.4, 0.5) is 0 Å². The predicted octanol–water partition coefficient (Wildman–Crippen LogP) is -1.61. The molecule has 0 aliphatic heterocycles. The van der Waals surface area contributed by atoms with E-state index in [0.717, 1.165) is 6.26 Å². The minimum atomic E-state index is -5.58. The van der Waals surface area contributed by atoms with Crippen LogP contribution in [0.2, 0.25) is 0 Å². The van der Waals surface area contributed by atoms with Gasteiger partial charge in [-0.1, -0.05) is 11.2 Å². The van der Waals surface area contributed by atoms with Crippen molar-refractivity contribution in [2.24, 2.45) is 0 Å². The molecule has 124 valence electrons. The Kier molecular flexibility index (Phi) is 6.61. The number of rotatable bonds is 8. The van der Waals surface area contributed by atoms with Crippen molar-refractivity contribution in [1.29, 1.82) is 0 Å². The summed E-state index contributed by atoms with van der Waals surface area (Å²) in [7, 11) is -11.0. The van der Waals surface area contributed by atoms with Gasteiger partial charge in [0.05, 0.1) is 6.26 Å². The Balaban J connectivity index is 6.04. The summed E-state index contributed by atoms with van der Waals surface area (Å²) in [5, 5.41) is 14.6. The number of carboxylic acid groups (broad SMARTS) is 2. The van der Waals surface area contributed by atoms with E-state index >= 15 is 0 Å². The molecular formula is C7H14O11P2S. The van der Waals surface area contributed by atoms with Crippen LogP contribution in [0.15, 0.2) is 0 Å². The van der Waals surface area contributed by atoms with Crippen LogP contribution in [0.5, 0.6) is 0 Å². The summed E-state index contributed by atoms with van der Waals surface area (Å²) in [5.74, 6) is -5.47. The first-order valence-electron chi connectivity index (χ1n) is 5.02. The molecule has 11 nitrogen and oxygen atoms in total. The first-order valence-corrected chi connectivity index (χ1v) is 10.0. The van der Waals surface area contributed by atoms with Crippen molar-refractivity contribution >= 4 is 38.3 Å². The fraction of sp³-hybridized carbons (Fsp3) is 0.714. The highest BCUT2D eigenvalue weighted by Gasteiger charge is 2.60. The molecule has 0 heterocycles. The SMILES string of the molecule is C[S+]([O-])CC(CC(C(=O)O)P(=O)(O)O)(C(=O)O)P(=O)(O)O. The second-order valence-electron chi connectivity index (χ2n) is 4.25. The largest absolute Gasteiger partial charge is 0.617 e. The molecule has 0 saturated heterocycles. The fourth-order valence-electron chi connectivity index (χ4n) is 1.54. The average Bonchev–Trinajstić information content (AvgIpc) is 2.18. The van der Waals surface area contributed by atoms with Gasteiger partial charge in [-0.3, -0.25) is 18.7 Å². The highest BCUT2D eigenvalue weighted by Crippen LogP contribution is 2.57. The van der Waals surface area contributed by atoms with Gasteiger partial charge in [0.25, 0.3) is 0 Å². The average molecular weight is 368 g/mol. The Hall–Kier alpha value is -0.450. The zero-order valence-electron chi connectivity index (χ0n) is 10.5. The molecule has 0 spiro atoms. The molecule has 0 saturated carbocycles. The summed E-state index contributed by atoms with van der Waals surface area (Å²) in [5.41, 5.74) is -2.65. The highest BCUT2D eigenvalue weighted by atomic mass is 32.2. The van der Waals surface area contributed by atoms with E-state index in [4.69, 9.17) is 20.0 Å². The van der Waals surface area contributed by atoms with Gasteiger partial charge in [0, 0.05) is 6.42 Å². The lowest BCUT2D eigenvalue weighted by atomic mass is 10.0. The molecule has 0 aromatic carbocycles. The van der Waals surface area contributed by atoms with Crippen LogP contribution in [0.3, 0.4) is 0 Å². The Bertz CT molecular complexity index is 507. The monoisotopic (exact) mass is 368 g/mol. The second kappa shape index (κ2) is 6.76. The summed E-state index contributed by atoms with van der Waals surface area (Å²) < 4.78 is 33.7. The fourth-order valence-corrected chi connectivity index (χ4v) is 5.32. The summed E-state index contributed by atoms with van der Waals surface area (Å²) in [6.45, 7) is 0. The van der Waals surface area contributed by atoms with E-state index in [1.165, 1.54) is 0 Å². The first-order chi connectivity index (χ1) is 9.15. The summed E-state index contributed by atoms with van der Waals surface area (Å²) in [6.07, 6.45) is -0.646. The van der Waals surface area contributed by atoms with Crippen LogP contribution in [0, 0.1) is 0 Å². The van der Waals surface area contributed by atoms with E-state index in [-0.39, 0.29) is 0 Å². The number of hydrogen-bond acceptors (Lipinski definition) is 5. The van der Waals surface area contributed by atoms with E-state index in [2.05, 4.69) is 0 Å². The molecule has 0 aromatic heterocycles. The third kappa shape index (κ3) is 5.04. The third-order valence-electron chi connectivity index (χ3n) is 2.62.